The summed E-state index contributed by atoms with van der Waals surface area (Å²) in [6.45, 7) is 0.198. The summed E-state index contributed by atoms with van der Waals surface area (Å²) in [5.74, 6) is -0.931. The topological polar surface area (TPSA) is 53.6 Å². The first-order valence-corrected chi connectivity index (χ1v) is 5.21. The Balaban J connectivity index is 2.20. The molecule has 0 radical (unpaired) electrons. The molecule has 0 aliphatic heterocycles. The molecule has 0 spiro atoms. The van der Waals surface area contributed by atoms with E-state index in [4.69, 9.17) is 5.26 Å². The van der Waals surface area contributed by atoms with Gasteiger partial charge in [0, 0.05) is 19.4 Å². The Morgan fingerprint density at radius 3 is 2.56 bits per heavy atom. The zero-order valence-electron chi connectivity index (χ0n) is 9.61. The molecule has 6 heteroatoms. The fourth-order valence-electron chi connectivity index (χ4n) is 1.54. The highest BCUT2D eigenvalue weighted by atomic mass is 19.1. The first-order valence-electron chi connectivity index (χ1n) is 5.21. The van der Waals surface area contributed by atoms with Gasteiger partial charge in [-0.1, -0.05) is 0 Å². The average molecular weight is 248 g/mol. The minimum atomic E-state index is -0.791. The maximum absolute atomic E-state index is 13.5. The summed E-state index contributed by atoms with van der Waals surface area (Å²) in [4.78, 5) is 4.03. The Morgan fingerprint density at radius 1 is 1.39 bits per heavy atom. The third kappa shape index (κ3) is 2.30. The van der Waals surface area contributed by atoms with Crippen LogP contribution in [0.3, 0.4) is 0 Å². The maximum Gasteiger partial charge on any atom is 0.150 e. The van der Waals surface area contributed by atoms with Gasteiger partial charge in [-0.3, -0.25) is 0 Å². The number of nitrogens with one attached hydrogen (secondary N) is 1. The molecule has 1 aromatic carbocycles. The van der Waals surface area contributed by atoms with Crippen LogP contribution in [0, 0.1) is 23.0 Å². The number of nitrogens with zero attached hydrogens (tertiary/aromatic N) is 3. The van der Waals surface area contributed by atoms with Crippen molar-refractivity contribution in [1.29, 1.82) is 5.26 Å². The lowest BCUT2D eigenvalue weighted by Gasteiger charge is -2.09. The number of hydrogen-bond donors (Lipinski definition) is 1. The molecule has 0 unspecified atom stereocenters. The molecule has 92 valence electrons. The van der Waals surface area contributed by atoms with Crippen LogP contribution in [0.4, 0.5) is 14.5 Å². The molecular weight excluding hydrogens is 238 g/mol. The van der Waals surface area contributed by atoms with Gasteiger partial charge in [-0.05, 0) is 12.1 Å². The number of aromatic nitrogens is 2. The first kappa shape index (κ1) is 12.0. The normalized spacial score (nSPS) is 10.1. The van der Waals surface area contributed by atoms with Crippen molar-refractivity contribution in [1.82, 2.24) is 9.55 Å². The van der Waals surface area contributed by atoms with Gasteiger partial charge >= 0.3 is 0 Å². The molecule has 4 nitrogen and oxygen atoms in total. The second-order valence-electron chi connectivity index (χ2n) is 3.73. The van der Waals surface area contributed by atoms with E-state index in [1.807, 2.05) is 0 Å². The molecule has 0 saturated heterocycles. The fraction of sp³-hybridized carbons (Fsp3) is 0.167. The average Bonchev–Trinajstić information content (AvgIpc) is 2.73. The minimum Gasteiger partial charge on any atom is -0.373 e. The van der Waals surface area contributed by atoms with Crippen LogP contribution in [0.15, 0.2) is 24.5 Å². The van der Waals surface area contributed by atoms with Gasteiger partial charge < -0.3 is 9.88 Å². The van der Waals surface area contributed by atoms with Gasteiger partial charge in [0.1, 0.15) is 11.5 Å². The largest absolute Gasteiger partial charge is 0.373 e. The van der Waals surface area contributed by atoms with Gasteiger partial charge in [0.2, 0.25) is 0 Å². The number of rotatable bonds is 3. The highest BCUT2D eigenvalue weighted by Crippen LogP contribution is 2.20. The van der Waals surface area contributed by atoms with Gasteiger partial charge in [0.15, 0.2) is 11.6 Å². The number of aryl methyl sites for hydroxylation is 1. The van der Waals surface area contributed by atoms with Gasteiger partial charge in [-0.25, -0.2) is 13.8 Å². The number of hydrogen-bond acceptors (Lipinski definition) is 3. The lowest BCUT2D eigenvalue weighted by Crippen LogP contribution is -2.08. The van der Waals surface area contributed by atoms with Gasteiger partial charge in [-0.15, -0.1) is 0 Å². The van der Waals surface area contributed by atoms with E-state index in [2.05, 4.69) is 10.3 Å². The van der Waals surface area contributed by atoms with Crippen LogP contribution in [0.1, 0.15) is 11.4 Å². The molecule has 0 atom stereocenters. The van der Waals surface area contributed by atoms with Crippen LogP contribution in [0.5, 0.6) is 0 Å². The second kappa shape index (κ2) is 4.84. The van der Waals surface area contributed by atoms with Crippen molar-refractivity contribution in [3.8, 4) is 6.07 Å². The Labute approximate surface area is 102 Å². The summed E-state index contributed by atoms with van der Waals surface area (Å²) < 4.78 is 28.8. The van der Waals surface area contributed by atoms with E-state index >= 15 is 0 Å². The lowest BCUT2D eigenvalue weighted by atomic mass is 10.2. The van der Waals surface area contributed by atoms with E-state index in [-0.39, 0.29) is 17.8 Å². The van der Waals surface area contributed by atoms with Gasteiger partial charge in [-0.2, -0.15) is 5.26 Å². The number of benzene rings is 1. The van der Waals surface area contributed by atoms with Gasteiger partial charge in [0.25, 0.3) is 0 Å². The molecule has 0 bridgehead atoms. The van der Waals surface area contributed by atoms with Crippen LogP contribution < -0.4 is 5.32 Å². The van der Waals surface area contributed by atoms with Crippen LogP contribution >= 0.6 is 0 Å². The molecule has 0 saturated carbocycles. The molecular formula is C12H10F2N4. The molecule has 0 aliphatic rings. The standard InChI is InChI=1S/C12H10F2N4/c1-18-3-2-16-11(18)7-17-12-9(13)4-8(6-15)5-10(12)14/h2-5,17H,7H2,1H3. The van der Waals surface area contributed by atoms with E-state index in [9.17, 15) is 8.78 Å². The highest BCUT2D eigenvalue weighted by molar-refractivity contribution is 5.50. The summed E-state index contributed by atoms with van der Waals surface area (Å²) in [5.41, 5.74) is -0.301. The van der Waals surface area contributed by atoms with E-state index in [0.717, 1.165) is 12.1 Å². The fourth-order valence-corrected chi connectivity index (χ4v) is 1.54. The van der Waals surface area contributed by atoms with Crippen LogP contribution in [-0.4, -0.2) is 9.55 Å². The van der Waals surface area contributed by atoms with E-state index < -0.39 is 11.6 Å². The number of anilines is 1. The monoisotopic (exact) mass is 248 g/mol. The van der Waals surface area contributed by atoms with E-state index in [0.29, 0.717) is 5.82 Å². The second-order valence-corrected chi connectivity index (χ2v) is 3.73. The quantitative estimate of drug-likeness (QED) is 0.905. The molecule has 1 heterocycles. The van der Waals surface area contributed by atoms with Crippen molar-refractivity contribution in [2.45, 2.75) is 6.54 Å². The Kier molecular flexibility index (Phi) is 3.24. The summed E-state index contributed by atoms with van der Waals surface area (Å²) in [5, 5.41) is 11.2. The summed E-state index contributed by atoms with van der Waals surface area (Å²) in [6.07, 6.45) is 3.34. The van der Waals surface area contributed by atoms with Crippen molar-refractivity contribution < 1.29 is 8.78 Å². The smallest absolute Gasteiger partial charge is 0.150 e. The molecule has 0 amide bonds. The molecule has 18 heavy (non-hydrogen) atoms. The van der Waals surface area contributed by atoms with Crippen molar-refractivity contribution in [2.24, 2.45) is 7.05 Å². The highest BCUT2D eigenvalue weighted by Gasteiger charge is 2.11. The summed E-state index contributed by atoms with van der Waals surface area (Å²) in [6, 6.07) is 3.67. The SMILES string of the molecule is Cn1ccnc1CNc1c(F)cc(C#N)cc1F. The summed E-state index contributed by atoms with van der Waals surface area (Å²) in [7, 11) is 1.79. The number of nitriles is 1. The third-order valence-corrected chi connectivity index (χ3v) is 2.52. The lowest BCUT2D eigenvalue weighted by molar-refractivity contribution is 0.586. The maximum atomic E-state index is 13.5. The zero-order valence-corrected chi connectivity index (χ0v) is 9.61. The molecule has 1 N–H and O–H groups in total. The Hall–Kier alpha value is -2.42. The number of imidazole rings is 1. The molecule has 0 fully saturated rings. The third-order valence-electron chi connectivity index (χ3n) is 2.52. The minimum absolute atomic E-state index is 0.0486. The first-order chi connectivity index (χ1) is 8.61. The Morgan fingerprint density at radius 2 is 2.06 bits per heavy atom. The van der Waals surface area contributed by atoms with Crippen LogP contribution in [0.25, 0.3) is 0 Å². The predicted molar refractivity (Wildman–Crippen MR) is 61.6 cm³/mol. The predicted octanol–water partition coefficient (Wildman–Crippen LogP) is 2.18. The molecule has 1 aromatic heterocycles. The van der Waals surface area contributed by atoms with Crippen LogP contribution in [-0.2, 0) is 13.6 Å². The molecule has 0 aliphatic carbocycles. The van der Waals surface area contributed by atoms with E-state index in [1.165, 1.54) is 0 Å². The molecule has 2 rings (SSSR count). The Bertz CT molecular complexity index is 590. The number of halogens is 2. The van der Waals surface area contributed by atoms with E-state index in [1.54, 1.807) is 30.1 Å². The van der Waals surface area contributed by atoms with Crippen molar-refractivity contribution in [2.75, 3.05) is 5.32 Å². The van der Waals surface area contributed by atoms with Gasteiger partial charge in [0.05, 0.1) is 18.2 Å². The van der Waals surface area contributed by atoms with Crippen LogP contribution in [0.2, 0.25) is 0 Å². The van der Waals surface area contributed by atoms with Crippen molar-refractivity contribution >= 4 is 5.69 Å². The summed E-state index contributed by atoms with van der Waals surface area (Å²) >= 11 is 0. The zero-order chi connectivity index (χ0) is 13.1. The van der Waals surface area contributed by atoms with Crippen molar-refractivity contribution in [3.63, 3.8) is 0 Å². The van der Waals surface area contributed by atoms with Crippen molar-refractivity contribution in [3.05, 3.63) is 47.5 Å². The molecule has 2 aromatic rings.